The third kappa shape index (κ3) is 3.72. The van der Waals surface area contributed by atoms with Gasteiger partial charge in [0.15, 0.2) is 5.69 Å². The average Bonchev–Trinajstić information content (AvgIpc) is 3.42. The lowest BCUT2D eigenvalue weighted by molar-refractivity contribution is -0.141. The maximum absolute atomic E-state index is 13.1. The van der Waals surface area contributed by atoms with E-state index in [0.717, 1.165) is 10.7 Å². The number of nitrogens with one attached hydrogen (secondary N) is 1. The van der Waals surface area contributed by atoms with E-state index in [-0.39, 0.29) is 34.6 Å². The Morgan fingerprint density at radius 3 is 2.42 bits per heavy atom. The number of ether oxygens (including phenoxy) is 1. The number of alkyl halides is 3. The van der Waals surface area contributed by atoms with Gasteiger partial charge in [-0.2, -0.15) is 18.3 Å². The quantitative estimate of drug-likeness (QED) is 0.462. The number of fused-ring (bicyclic) bond motifs is 2. The van der Waals surface area contributed by atoms with Crippen molar-refractivity contribution in [1.82, 2.24) is 9.78 Å². The number of amides is 1. The van der Waals surface area contributed by atoms with E-state index in [2.05, 4.69) is 10.4 Å². The lowest BCUT2D eigenvalue weighted by atomic mass is 10.0. The van der Waals surface area contributed by atoms with Gasteiger partial charge in [0.05, 0.1) is 29.0 Å². The molecule has 3 aromatic heterocycles. The topological polar surface area (TPSA) is 86.4 Å². The van der Waals surface area contributed by atoms with Crippen LogP contribution in [0.3, 0.4) is 0 Å². The van der Waals surface area contributed by atoms with Crippen LogP contribution in [0.5, 0.6) is 0 Å². The van der Waals surface area contributed by atoms with Gasteiger partial charge in [-0.1, -0.05) is 0 Å². The second-order valence-electron chi connectivity index (χ2n) is 6.70. The molecule has 4 rings (SSSR count). The van der Waals surface area contributed by atoms with Crippen molar-refractivity contribution in [3.05, 3.63) is 59.3 Å². The number of furan rings is 2. The molecule has 0 aliphatic heterocycles. The third-order valence-electron chi connectivity index (χ3n) is 4.66. The molecule has 4 aromatic rings. The van der Waals surface area contributed by atoms with Gasteiger partial charge in [0.25, 0.3) is 5.91 Å². The third-order valence-corrected chi connectivity index (χ3v) is 4.66. The molecule has 1 amide bonds. The minimum atomic E-state index is -4.62. The molecule has 0 radical (unpaired) electrons. The number of carbonyl (C=O) groups is 2. The molecule has 1 aromatic carbocycles. The molecule has 0 aliphatic rings. The molecule has 31 heavy (non-hydrogen) atoms. The van der Waals surface area contributed by atoms with E-state index in [1.807, 2.05) is 0 Å². The number of nitrogens with zero attached hydrogens (tertiary/aromatic N) is 2. The first-order chi connectivity index (χ1) is 14.7. The molecule has 0 spiro atoms. The number of aryl methyl sites for hydroxylation is 1. The van der Waals surface area contributed by atoms with Crippen molar-refractivity contribution in [2.75, 3.05) is 11.9 Å². The highest BCUT2D eigenvalue weighted by Gasteiger charge is 2.36. The Morgan fingerprint density at radius 2 is 1.81 bits per heavy atom. The Kier molecular flexibility index (Phi) is 4.92. The van der Waals surface area contributed by atoms with Crippen molar-refractivity contribution in [3.63, 3.8) is 0 Å². The van der Waals surface area contributed by atoms with Crippen LogP contribution in [-0.2, 0) is 18.0 Å². The van der Waals surface area contributed by atoms with Gasteiger partial charge in [0, 0.05) is 12.7 Å². The summed E-state index contributed by atoms with van der Waals surface area (Å²) < 4.78 is 50.7. The summed E-state index contributed by atoms with van der Waals surface area (Å²) in [6.45, 7) is 1.93. The highest BCUT2D eigenvalue weighted by molar-refractivity contribution is 6.16. The van der Waals surface area contributed by atoms with Crippen LogP contribution in [0.15, 0.2) is 46.9 Å². The van der Waals surface area contributed by atoms with Crippen molar-refractivity contribution in [1.29, 1.82) is 0 Å². The summed E-state index contributed by atoms with van der Waals surface area (Å²) in [6.07, 6.45) is -4.62. The van der Waals surface area contributed by atoms with E-state index in [0.29, 0.717) is 11.3 Å². The lowest BCUT2D eigenvalue weighted by Gasteiger charge is -2.08. The van der Waals surface area contributed by atoms with E-state index in [1.165, 1.54) is 31.3 Å². The van der Waals surface area contributed by atoms with Gasteiger partial charge in [-0.3, -0.25) is 9.48 Å². The zero-order chi connectivity index (χ0) is 22.3. The summed E-state index contributed by atoms with van der Waals surface area (Å²) in [5.41, 5.74) is 0.588. The Hall–Kier alpha value is -3.82. The molecule has 10 heteroatoms. The fraction of sp³-hybridized carbons (Fsp3) is 0.190. The number of rotatable bonds is 5. The van der Waals surface area contributed by atoms with Crippen LogP contribution in [-0.4, -0.2) is 28.3 Å². The number of esters is 1. The largest absolute Gasteiger partial charge is 0.462 e. The van der Waals surface area contributed by atoms with E-state index in [9.17, 15) is 22.8 Å². The monoisotopic (exact) mass is 431 g/mol. The summed E-state index contributed by atoms with van der Waals surface area (Å²) in [7, 11) is 1.36. The number of benzene rings is 2. The first kappa shape index (κ1) is 20.5. The predicted molar refractivity (Wildman–Crippen MR) is 105 cm³/mol. The SMILES string of the molecule is CCOC(=O)c1ccc(NC(=O)c2c(-c3cc(C(F)(F)F)nn3C)c3ccc2o3)cc1. The fourth-order valence-electron chi connectivity index (χ4n) is 3.27. The molecule has 0 fully saturated rings. The molecule has 0 saturated heterocycles. The van der Waals surface area contributed by atoms with Crippen LogP contribution in [0, 0.1) is 0 Å². The van der Waals surface area contributed by atoms with Crippen LogP contribution < -0.4 is 5.32 Å². The minimum absolute atomic E-state index is 0.101. The second-order valence-corrected chi connectivity index (χ2v) is 6.70. The summed E-state index contributed by atoms with van der Waals surface area (Å²) in [5, 5.41) is 6.18. The molecule has 160 valence electrons. The lowest BCUT2D eigenvalue weighted by Crippen LogP contribution is -2.13. The van der Waals surface area contributed by atoms with Gasteiger partial charge >= 0.3 is 12.1 Å². The van der Waals surface area contributed by atoms with Gasteiger partial charge in [0.1, 0.15) is 11.2 Å². The van der Waals surface area contributed by atoms with E-state index >= 15 is 0 Å². The van der Waals surface area contributed by atoms with E-state index < -0.39 is 23.7 Å². The maximum atomic E-state index is 13.1. The first-order valence-corrected chi connectivity index (χ1v) is 9.24. The summed E-state index contributed by atoms with van der Waals surface area (Å²) in [5.74, 6) is -1.05. The Morgan fingerprint density at radius 1 is 1.13 bits per heavy atom. The van der Waals surface area contributed by atoms with Crippen molar-refractivity contribution in [2.45, 2.75) is 13.1 Å². The number of anilines is 1. The van der Waals surface area contributed by atoms with Crippen LogP contribution in [0.25, 0.3) is 22.4 Å². The normalized spacial score (nSPS) is 11.8. The Bertz CT molecular complexity index is 1260. The maximum Gasteiger partial charge on any atom is 0.435 e. The fourth-order valence-corrected chi connectivity index (χ4v) is 3.27. The van der Waals surface area contributed by atoms with Gasteiger partial charge in [-0.05, 0) is 49.4 Å². The van der Waals surface area contributed by atoms with E-state index in [1.54, 1.807) is 19.1 Å². The molecule has 3 heterocycles. The summed E-state index contributed by atoms with van der Waals surface area (Å²) in [6, 6.07) is 10.1. The zero-order valence-electron chi connectivity index (χ0n) is 16.4. The zero-order valence-corrected chi connectivity index (χ0v) is 16.4. The molecule has 7 nitrogen and oxygen atoms in total. The Balaban J connectivity index is 1.65. The summed E-state index contributed by atoms with van der Waals surface area (Å²) in [4.78, 5) is 24.7. The number of aromatic nitrogens is 2. The molecule has 0 unspecified atom stereocenters. The van der Waals surface area contributed by atoms with Crippen molar-refractivity contribution < 1.29 is 31.9 Å². The van der Waals surface area contributed by atoms with Crippen LogP contribution >= 0.6 is 0 Å². The standard InChI is InChI=1S/C21H16F3N3O4/c1-3-30-20(29)11-4-6-12(7-5-11)25-19(28)18-15-9-8-14(31-15)17(18)13-10-16(21(22,23)24)26-27(13)2/h4-10H,3H2,1-2H3,(H,25,28). The number of carbonyl (C=O) groups excluding carboxylic acids is 2. The number of hydrogen-bond acceptors (Lipinski definition) is 5. The highest BCUT2D eigenvalue weighted by atomic mass is 19.4. The van der Waals surface area contributed by atoms with Gasteiger partial charge < -0.3 is 14.5 Å². The smallest absolute Gasteiger partial charge is 0.435 e. The first-order valence-electron chi connectivity index (χ1n) is 9.24. The van der Waals surface area contributed by atoms with Crippen molar-refractivity contribution >= 4 is 28.7 Å². The predicted octanol–water partition coefficient (Wildman–Crippen LogP) is 4.72. The molecule has 0 atom stereocenters. The van der Waals surface area contributed by atoms with Gasteiger partial charge in [0.2, 0.25) is 0 Å². The minimum Gasteiger partial charge on any atom is -0.462 e. The molecule has 2 bridgehead atoms. The Labute approximate surface area is 173 Å². The highest BCUT2D eigenvalue weighted by Crippen LogP contribution is 2.39. The van der Waals surface area contributed by atoms with Crippen LogP contribution in [0.2, 0.25) is 0 Å². The molecular weight excluding hydrogens is 415 g/mol. The molecular formula is C21H16F3N3O4. The van der Waals surface area contributed by atoms with Crippen molar-refractivity contribution in [2.24, 2.45) is 7.05 Å². The number of hydrogen-bond donors (Lipinski definition) is 1. The van der Waals surface area contributed by atoms with Gasteiger partial charge in [-0.15, -0.1) is 0 Å². The molecule has 0 saturated carbocycles. The second kappa shape index (κ2) is 7.46. The van der Waals surface area contributed by atoms with Gasteiger partial charge in [-0.25, -0.2) is 4.79 Å². The van der Waals surface area contributed by atoms with Crippen LogP contribution in [0.1, 0.15) is 33.3 Å². The average molecular weight is 431 g/mol. The van der Waals surface area contributed by atoms with Crippen molar-refractivity contribution in [3.8, 4) is 11.3 Å². The molecule has 0 aliphatic carbocycles. The summed E-state index contributed by atoms with van der Waals surface area (Å²) >= 11 is 0. The van der Waals surface area contributed by atoms with Crippen LogP contribution in [0.4, 0.5) is 18.9 Å². The van der Waals surface area contributed by atoms with E-state index in [4.69, 9.17) is 9.15 Å². The number of halogens is 3. The molecule has 1 N–H and O–H groups in total.